The molecule has 0 aromatic heterocycles. The van der Waals surface area contributed by atoms with Gasteiger partial charge in [0.1, 0.15) is 0 Å². The van der Waals surface area contributed by atoms with E-state index in [9.17, 15) is 4.79 Å². The smallest absolute Gasteiger partial charge is 0.310 e. The summed E-state index contributed by atoms with van der Waals surface area (Å²) in [5.74, 6) is -0.231. The Balaban J connectivity index is 3.39. The number of carbonyl (C=O) groups is 1. The highest BCUT2D eigenvalue weighted by molar-refractivity contribution is 7.80. The zero-order chi connectivity index (χ0) is 7.28. The highest BCUT2D eigenvalue weighted by atomic mass is 32.1. The number of rotatable bonds is 3. The van der Waals surface area contributed by atoms with Gasteiger partial charge in [-0.2, -0.15) is 0 Å². The fourth-order valence-electron chi connectivity index (χ4n) is 0.415. The molecule has 3 heteroatoms. The lowest BCUT2D eigenvalue weighted by Crippen LogP contribution is -2.06. The second-order valence-corrected chi connectivity index (χ2v) is 2.38. The van der Waals surface area contributed by atoms with Crippen molar-refractivity contribution in [3.63, 3.8) is 0 Å². The maximum absolute atomic E-state index is 10.5. The lowest BCUT2D eigenvalue weighted by Gasteiger charge is -1.97. The van der Waals surface area contributed by atoms with Crippen LogP contribution in [0.3, 0.4) is 0 Å². The molecule has 0 saturated heterocycles. The first-order valence-corrected chi connectivity index (χ1v) is 3.22. The van der Waals surface area contributed by atoms with Crippen LogP contribution in [0.5, 0.6) is 0 Å². The molecule has 0 aliphatic carbocycles. The number of thiocarbonyl (C=S) groups is 1. The summed E-state index contributed by atoms with van der Waals surface area (Å²) in [6.07, 6.45) is 0.267. The van der Waals surface area contributed by atoms with Gasteiger partial charge >= 0.3 is 5.97 Å². The molecule has 0 atom stereocenters. The van der Waals surface area contributed by atoms with Crippen LogP contribution in [0.1, 0.15) is 20.3 Å². The molecular formula is C6H10O2S. The average molecular weight is 146 g/mol. The summed E-state index contributed by atoms with van der Waals surface area (Å²) >= 11 is 4.69. The van der Waals surface area contributed by atoms with Crippen molar-refractivity contribution in [2.24, 2.45) is 0 Å². The van der Waals surface area contributed by atoms with Crippen LogP contribution in [0.2, 0.25) is 0 Å². The molecule has 0 spiro atoms. The molecule has 0 fully saturated rings. The van der Waals surface area contributed by atoms with Gasteiger partial charge in [-0.25, -0.2) is 0 Å². The van der Waals surface area contributed by atoms with E-state index in [4.69, 9.17) is 0 Å². The van der Waals surface area contributed by atoms with Gasteiger partial charge in [0.05, 0.1) is 13.0 Å². The van der Waals surface area contributed by atoms with Crippen molar-refractivity contribution >= 4 is 23.1 Å². The van der Waals surface area contributed by atoms with Crippen molar-refractivity contribution in [2.45, 2.75) is 20.3 Å². The van der Waals surface area contributed by atoms with Gasteiger partial charge in [-0.05, 0) is 13.8 Å². The van der Waals surface area contributed by atoms with E-state index in [1.54, 1.807) is 13.8 Å². The number of carbonyl (C=O) groups excluding carboxylic acids is 1. The fraction of sp³-hybridized carbons (Fsp3) is 0.667. The molecule has 0 heterocycles. The summed E-state index contributed by atoms with van der Waals surface area (Å²) in [5.41, 5.74) is 0. The van der Waals surface area contributed by atoms with Crippen LogP contribution >= 0.6 is 12.2 Å². The summed E-state index contributed by atoms with van der Waals surface area (Å²) in [6, 6.07) is 0. The van der Waals surface area contributed by atoms with Crippen LogP contribution in [0.25, 0.3) is 0 Å². The van der Waals surface area contributed by atoms with Crippen molar-refractivity contribution < 1.29 is 9.53 Å². The molecule has 0 N–H and O–H groups in total. The van der Waals surface area contributed by atoms with E-state index >= 15 is 0 Å². The van der Waals surface area contributed by atoms with Gasteiger partial charge in [-0.3, -0.25) is 4.79 Å². The van der Waals surface area contributed by atoms with Crippen molar-refractivity contribution in [3.8, 4) is 0 Å². The highest BCUT2D eigenvalue weighted by Crippen LogP contribution is 1.88. The van der Waals surface area contributed by atoms with E-state index in [-0.39, 0.29) is 12.4 Å². The minimum Gasteiger partial charge on any atom is -0.466 e. The lowest BCUT2D eigenvalue weighted by atomic mass is 10.3. The topological polar surface area (TPSA) is 26.3 Å². The third-order valence-electron chi connectivity index (χ3n) is 0.699. The monoisotopic (exact) mass is 146 g/mol. The largest absolute Gasteiger partial charge is 0.466 e. The van der Waals surface area contributed by atoms with Gasteiger partial charge in [0, 0.05) is 4.86 Å². The van der Waals surface area contributed by atoms with Gasteiger partial charge in [0.25, 0.3) is 0 Å². The third-order valence-corrected chi connectivity index (χ3v) is 0.843. The minimum absolute atomic E-state index is 0.231. The Morgan fingerprint density at radius 1 is 1.67 bits per heavy atom. The van der Waals surface area contributed by atoms with E-state index < -0.39 is 0 Å². The van der Waals surface area contributed by atoms with Gasteiger partial charge in [0.2, 0.25) is 0 Å². The van der Waals surface area contributed by atoms with E-state index in [2.05, 4.69) is 17.0 Å². The molecule has 2 nitrogen and oxygen atoms in total. The summed E-state index contributed by atoms with van der Waals surface area (Å²) in [7, 11) is 0. The van der Waals surface area contributed by atoms with Gasteiger partial charge in [-0.1, -0.05) is 12.2 Å². The first-order valence-electron chi connectivity index (χ1n) is 2.82. The third kappa shape index (κ3) is 5.43. The van der Waals surface area contributed by atoms with Crippen LogP contribution in [-0.4, -0.2) is 17.4 Å². The molecule has 0 amide bonds. The quantitative estimate of drug-likeness (QED) is 0.444. The number of esters is 1. The molecule has 0 aromatic carbocycles. The zero-order valence-corrected chi connectivity index (χ0v) is 6.46. The van der Waals surface area contributed by atoms with Crippen LogP contribution in [0.4, 0.5) is 0 Å². The molecule has 0 bridgehead atoms. The van der Waals surface area contributed by atoms with Crippen LogP contribution in [-0.2, 0) is 9.53 Å². The number of ether oxygens (including phenoxy) is 1. The summed E-state index contributed by atoms with van der Waals surface area (Å²) < 4.78 is 4.63. The van der Waals surface area contributed by atoms with Crippen molar-refractivity contribution in [3.05, 3.63) is 0 Å². The van der Waals surface area contributed by atoms with Gasteiger partial charge in [0.15, 0.2) is 0 Å². The molecule has 0 aliphatic heterocycles. The number of hydrogen-bond acceptors (Lipinski definition) is 3. The maximum atomic E-state index is 10.5. The van der Waals surface area contributed by atoms with Crippen molar-refractivity contribution in [2.75, 3.05) is 6.61 Å². The standard InChI is InChI=1S/C6H10O2S/c1-3-8-6(7)4-5(2)9/h3-4H2,1-2H3. The molecule has 0 aliphatic rings. The van der Waals surface area contributed by atoms with Crippen molar-refractivity contribution in [1.82, 2.24) is 0 Å². The Morgan fingerprint density at radius 3 is 2.56 bits per heavy atom. The van der Waals surface area contributed by atoms with E-state index in [1.807, 2.05) is 0 Å². The van der Waals surface area contributed by atoms with Gasteiger partial charge < -0.3 is 4.74 Å². The molecule has 0 rings (SSSR count). The Hall–Kier alpha value is -0.440. The predicted octanol–water partition coefficient (Wildman–Crippen LogP) is 1.33. The highest BCUT2D eigenvalue weighted by Gasteiger charge is 2.00. The average Bonchev–Trinajstić information content (AvgIpc) is 1.63. The molecule has 52 valence electrons. The Morgan fingerprint density at radius 2 is 2.22 bits per heavy atom. The van der Waals surface area contributed by atoms with Gasteiger partial charge in [-0.15, -0.1) is 0 Å². The molecule has 0 radical (unpaired) electrons. The van der Waals surface area contributed by atoms with E-state index in [0.29, 0.717) is 11.5 Å². The second kappa shape index (κ2) is 4.44. The Labute approximate surface area is 60.2 Å². The SMILES string of the molecule is CCOC(=O)CC(C)=S. The lowest BCUT2D eigenvalue weighted by molar-refractivity contribution is -0.141. The Bertz CT molecular complexity index is 120. The van der Waals surface area contributed by atoms with E-state index in [0.717, 1.165) is 0 Å². The van der Waals surface area contributed by atoms with Crippen LogP contribution in [0.15, 0.2) is 0 Å². The molecule has 9 heavy (non-hydrogen) atoms. The van der Waals surface area contributed by atoms with Crippen LogP contribution in [0, 0.1) is 0 Å². The zero-order valence-electron chi connectivity index (χ0n) is 5.64. The number of hydrogen-bond donors (Lipinski definition) is 0. The molecule has 0 aromatic rings. The van der Waals surface area contributed by atoms with E-state index in [1.165, 1.54) is 0 Å². The first-order chi connectivity index (χ1) is 4.16. The second-order valence-electron chi connectivity index (χ2n) is 1.68. The molecule has 0 saturated carbocycles. The predicted molar refractivity (Wildman–Crippen MR) is 39.5 cm³/mol. The minimum atomic E-state index is -0.231. The van der Waals surface area contributed by atoms with Crippen molar-refractivity contribution in [1.29, 1.82) is 0 Å². The summed E-state index contributed by atoms with van der Waals surface area (Å²) in [4.78, 5) is 11.2. The fourth-order valence-corrected chi connectivity index (χ4v) is 0.533. The first kappa shape index (κ1) is 8.56. The normalized spacial score (nSPS) is 8.67. The Kier molecular flexibility index (Phi) is 4.22. The molecule has 0 unspecified atom stereocenters. The maximum Gasteiger partial charge on any atom is 0.310 e. The molecular weight excluding hydrogens is 136 g/mol. The van der Waals surface area contributed by atoms with Crippen LogP contribution < -0.4 is 0 Å². The summed E-state index contributed by atoms with van der Waals surface area (Å²) in [5, 5.41) is 0. The summed E-state index contributed by atoms with van der Waals surface area (Å²) in [6.45, 7) is 3.93.